The van der Waals surface area contributed by atoms with Crippen LogP contribution in [-0.4, -0.2) is 39.8 Å². The van der Waals surface area contributed by atoms with Crippen LogP contribution in [0.5, 0.6) is 0 Å². The second-order valence-electron chi connectivity index (χ2n) is 7.63. The number of nitrogens with one attached hydrogen (secondary N) is 3. The summed E-state index contributed by atoms with van der Waals surface area (Å²) in [4.78, 5) is 36.5. The van der Waals surface area contributed by atoms with E-state index in [-0.39, 0.29) is 18.1 Å². The maximum Gasteiger partial charge on any atom is 0.338 e. The van der Waals surface area contributed by atoms with Crippen LogP contribution in [0.1, 0.15) is 63.0 Å². The second kappa shape index (κ2) is 11.1. The normalized spacial score (nSPS) is 12.7. The van der Waals surface area contributed by atoms with Crippen molar-refractivity contribution in [2.75, 3.05) is 5.32 Å². The summed E-state index contributed by atoms with van der Waals surface area (Å²) in [5, 5.41) is 12.4. The van der Waals surface area contributed by atoms with Crippen LogP contribution in [0.15, 0.2) is 36.5 Å². The van der Waals surface area contributed by atoms with Crippen LogP contribution >= 0.6 is 0 Å². The summed E-state index contributed by atoms with van der Waals surface area (Å²) in [6, 6.07) is 8.27. The molecule has 2 atom stereocenters. The lowest BCUT2D eigenvalue weighted by Gasteiger charge is -2.17. The minimum absolute atomic E-state index is 0.0481. The van der Waals surface area contributed by atoms with Crippen molar-refractivity contribution < 1.29 is 19.1 Å². The van der Waals surface area contributed by atoms with Crippen molar-refractivity contribution in [1.29, 1.82) is 0 Å². The molecule has 9 nitrogen and oxygen atoms in total. The second-order valence-corrected chi connectivity index (χ2v) is 7.63. The van der Waals surface area contributed by atoms with Crippen LogP contribution in [0.3, 0.4) is 0 Å². The number of hydrogen-bond donors (Lipinski definition) is 3. The molecule has 1 aromatic heterocycles. The van der Waals surface area contributed by atoms with Crippen LogP contribution in [-0.2, 0) is 16.1 Å². The molecule has 0 saturated heterocycles. The fraction of sp³-hybridized carbons (Fsp3) is 0.455. The number of carbonyl (C=O) groups excluding carboxylic acids is 3. The maximum absolute atomic E-state index is 12.4. The lowest BCUT2D eigenvalue weighted by molar-refractivity contribution is -0.123. The van der Waals surface area contributed by atoms with E-state index in [2.05, 4.69) is 21.0 Å². The van der Waals surface area contributed by atoms with Gasteiger partial charge in [0.25, 0.3) is 5.91 Å². The van der Waals surface area contributed by atoms with Crippen molar-refractivity contribution in [3.63, 3.8) is 0 Å². The molecule has 2 aromatic rings. The van der Waals surface area contributed by atoms with Crippen LogP contribution in [0, 0.1) is 0 Å². The topological polar surface area (TPSA) is 114 Å². The van der Waals surface area contributed by atoms with Gasteiger partial charge >= 0.3 is 12.0 Å². The number of rotatable bonds is 9. The SMILES string of the molecule is CC[C@H](C)n1nccc1NC(=O)[C@H](C)OC(=O)c1ccc(CNC(=O)NC(C)C)cc1. The summed E-state index contributed by atoms with van der Waals surface area (Å²) in [6.07, 6.45) is 1.50. The highest BCUT2D eigenvalue weighted by molar-refractivity contribution is 5.96. The Morgan fingerprint density at radius 3 is 2.35 bits per heavy atom. The molecule has 1 heterocycles. The van der Waals surface area contributed by atoms with Crippen LogP contribution in [0.2, 0.25) is 0 Å². The summed E-state index contributed by atoms with van der Waals surface area (Å²) in [7, 11) is 0. The van der Waals surface area contributed by atoms with Crippen molar-refractivity contribution in [3.05, 3.63) is 47.7 Å². The first-order valence-electron chi connectivity index (χ1n) is 10.4. The van der Waals surface area contributed by atoms with Gasteiger partial charge in [0.15, 0.2) is 6.10 Å². The summed E-state index contributed by atoms with van der Waals surface area (Å²) in [5.41, 5.74) is 1.15. The third-order valence-corrected chi connectivity index (χ3v) is 4.65. The number of nitrogens with zero attached hydrogens (tertiary/aromatic N) is 2. The van der Waals surface area contributed by atoms with Gasteiger partial charge in [-0.3, -0.25) is 4.79 Å². The molecular formula is C22H31N5O4. The fourth-order valence-electron chi connectivity index (χ4n) is 2.70. The third kappa shape index (κ3) is 7.13. The minimum atomic E-state index is -0.978. The van der Waals surface area contributed by atoms with Crippen LogP contribution < -0.4 is 16.0 Å². The Morgan fingerprint density at radius 2 is 1.74 bits per heavy atom. The Bertz CT molecular complexity index is 892. The molecule has 3 amide bonds. The van der Waals surface area contributed by atoms with E-state index < -0.39 is 18.0 Å². The molecule has 0 bridgehead atoms. The van der Waals surface area contributed by atoms with Crippen LogP contribution in [0.4, 0.5) is 10.6 Å². The summed E-state index contributed by atoms with van der Waals surface area (Å²) < 4.78 is 7.02. The van der Waals surface area contributed by atoms with Crippen molar-refractivity contribution >= 4 is 23.7 Å². The van der Waals surface area contributed by atoms with Gasteiger partial charge in [0, 0.05) is 18.7 Å². The quantitative estimate of drug-likeness (QED) is 0.530. The molecule has 0 spiro atoms. The van der Waals surface area contributed by atoms with Gasteiger partial charge in [0.05, 0.1) is 17.8 Å². The van der Waals surface area contributed by atoms with Crippen molar-refractivity contribution in [3.8, 4) is 0 Å². The average molecular weight is 430 g/mol. The lowest BCUT2D eigenvalue weighted by Crippen LogP contribution is -2.39. The van der Waals surface area contributed by atoms with E-state index >= 15 is 0 Å². The lowest BCUT2D eigenvalue weighted by atomic mass is 10.1. The molecule has 3 N–H and O–H groups in total. The molecule has 0 aliphatic rings. The van der Waals surface area contributed by atoms with E-state index in [1.807, 2.05) is 27.7 Å². The number of urea groups is 1. The number of aromatic nitrogens is 2. The van der Waals surface area contributed by atoms with E-state index in [0.29, 0.717) is 17.9 Å². The molecule has 0 fully saturated rings. The molecule has 9 heteroatoms. The molecule has 168 valence electrons. The Morgan fingerprint density at radius 1 is 1.06 bits per heavy atom. The molecule has 2 rings (SSSR count). The first-order valence-corrected chi connectivity index (χ1v) is 10.4. The Balaban J connectivity index is 1.88. The number of benzene rings is 1. The molecular weight excluding hydrogens is 398 g/mol. The minimum Gasteiger partial charge on any atom is -0.449 e. The first kappa shape index (κ1) is 23.9. The summed E-state index contributed by atoms with van der Waals surface area (Å²) in [5.74, 6) is -0.480. The number of carbonyl (C=O) groups is 3. The van der Waals surface area contributed by atoms with Gasteiger partial charge in [-0.25, -0.2) is 14.3 Å². The molecule has 31 heavy (non-hydrogen) atoms. The predicted octanol–water partition coefficient (Wildman–Crippen LogP) is 3.25. The van der Waals surface area contributed by atoms with Crippen molar-refractivity contribution in [1.82, 2.24) is 20.4 Å². The fourth-order valence-corrected chi connectivity index (χ4v) is 2.70. The zero-order valence-electron chi connectivity index (χ0n) is 18.6. The van der Waals surface area contributed by atoms with E-state index in [1.165, 1.54) is 6.92 Å². The van der Waals surface area contributed by atoms with Gasteiger partial charge in [-0.15, -0.1) is 0 Å². The summed E-state index contributed by atoms with van der Waals surface area (Å²) in [6.45, 7) is 9.63. The number of anilines is 1. The molecule has 0 unspecified atom stereocenters. The molecule has 1 aromatic carbocycles. The highest BCUT2D eigenvalue weighted by atomic mass is 16.5. The summed E-state index contributed by atoms with van der Waals surface area (Å²) >= 11 is 0. The highest BCUT2D eigenvalue weighted by Crippen LogP contribution is 2.17. The molecule has 0 aliphatic heterocycles. The largest absolute Gasteiger partial charge is 0.449 e. The van der Waals surface area contributed by atoms with Gasteiger partial charge in [0.2, 0.25) is 0 Å². The number of hydrogen-bond acceptors (Lipinski definition) is 5. The Labute approximate surface area is 182 Å². The zero-order valence-corrected chi connectivity index (χ0v) is 18.6. The van der Waals surface area contributed by atoms with E-state index in [9.17, 15) is 14.4 Å². The number of esters is 1. The van der Waals surface area contributed by atoms with E-state index in [1.54, 1.807) is 41.2 Å². The smallest absolute Gasteiger partial charge is 0.338 e. The Kier molecular flexibility index (Phi) is 8.60. The van der Waals surface area contributed by atoms with E-state index in [0.717, 1.165) is 12.0 Å². The number of ether oxygens (including phenoxy) is 1. The van der Waals surface area contributed by atoms with Crippen molar-refractivity contribution in [2.24, 2.45) is 0 Å². The standard InChI is InChI=1S/C22H31N5O4/c1-6-15(4)27-19(11-12-24-27)26-20(28)16(5)31-21(29)18-9-7-17(8-10-18)13-23-22(30)25-14(2)3/h7-12,14-16H,6,13H2,1-5H3,(H,26,28)(H2,23,25,30)/t15-,16-/m0/s1. The van der Waals surface area contributed by atoms with Crippen LogP contribution in [0.25, 0.3) is 0 Å². The first-order chi connectivity index (χ1) is 14.7. The van der Waals surface area contributed by atoms with Gasteiger partial charge in [-0.2, -0.15) is 5.10 Å². The molecule has 0 aliphatic carbocycles. The third-order valence-electron chi connectivity index (χ3n) is 4.65. The zero-order chi connectivity index (χ0) is 23.0. The van der Waals surface area contributed by atoms with Crippen molar-refractivity contribution in [2.45, 2.75) is 65.8 Å². The Hall–Kier alpha value is -3.36. The highest BCUT2D eigenvalue weighted by Gasteiger charge is 2.21. The van der Waals surface area contributed by atoms with Gasteiger partial charge in [-0.1, -0.05) is 19.1 Å². The average Bonchev–Trinajstić information content (AvgIpc) is 3.19. The van der Waals surface area contributed by atoms with E-state index in [4.69, 9.17) is 4.74 Å². The van der Waals surface area contributed by atoms with Gasteiger partial charge in [-0.05, 0) is 51.8 Å². The van der Waals surface area contributed by atoms with Gasteiger partial charge < -0.3 is 20.7 Å². The maximum atomic E-state index is 12.4. The predicted molar refractivity (Wildman–Crippen MR) is 118 cm³/mol. The molecule has 0 saturated carbocycles. The number of amides is 3. The monoisotopic (exact) mass is 429 g/mol. The van der Waals surface area contributed by atoms with Gasteiger partial charge in [0.1, 0.15) is 5.82 Å². The molecule has 0 radical (unpaired) electrons.